The summed E-state index contributed by atoms with van der Waals surface area (Å²) >= 11 is 0. The molecule has 0 saturated heterocycles. The van der Waals surface area contributed by atoms with Gasteiger partial charge in [-0.3, -0.25) is 9.59 Å². The van der Waals surface area contributed by atoms with Gasteiger partial charge in [-0.2, -0.15) is 0 Å². The second kappa shape index (κ2) is 11.1. The maximum atomic E-state index is 12.9. The zero-order valence-electron chi connectivity index (χ0n) is 19.5. The van der Waals surface area contributed by atoms with Crippen LogP contribution < -0.4 is 10.1 Å². The first-order chi connectivity index (χ1) is 16.3. The van der Waals surface area contributed by atoms with Gasteiger partial charge in [0.25, 0.3) is 11.8 Å². The van der Waals surface area contributed by atoms with Crippen LogP contribution in [0.25, 0.3) is 6.08 Å². The fourth-order valence-corrected chi connectivity index (χ4v) is 3.66. The molecule has 0 bridgehead atoms. The lowest BCUT2D eigenvalue weighted by Crippen LogP contribution is -2.31. The molecule has 1 atom stereocenters. The minimum atomic E-state index is -0.570. The summed E-state index contributed by atoms with van der Waals surface area (Å²) < 4.78 is 10.5. The van der Waals surface area contributed by atoms with Crippen molar-refractivity contribution in [1.82, 2.24) is 10.2 Å². The Morgan fingerprint density at radius 2 is 1.79 bits per heavy atom. The summed E-state index contributed by atoms with van der Waals surface area (Å²) in [6.45, 7) is 7.45. The summed E-state index contributed by atoms with van der Waals surface area (Å²) in [6, 6.07) is 16.5. The first-order valence-corrected chi connectivity index (χ1v) is 10.9. The SMILES string of the molecule is C=CCN1C(=O)/C(=C\c2ccc(OCC(=O)N[C@H](C)c3ccccc3)cc2)C(C(=O)OC)=C1C. The number of carbonyl (C=O) groups is 3. The predicted octanol–water partition coefficient (Wildman–Crippen LogP) is 3.80. The Morgan fingerprint density at radius 3 is 2.41 bits per heavy atom. The molecule has 2 amide bonds. The van der Waals surface area contributed by atoms with Gasteiger partial charge in [0.2, 0.25) is 0 Å². The molecule has 1 aliphatic rings. The van der Waals surface area contributed by atoms with Crippen molar-refractivity contribution in [1.29, 1.82) is 0 Å². The lowest BCUT2D eigenvalue weighted by atomic mass is 10.0. The summed E-state index contributed by atoms with van der Waals surface area (Å²) in [6.07, 6.45) is 3.24. The van der Waals surface area contributed by atoms with Crippen molar-refractivity contribution < 1.29 is 23.9 Å². The third kappa shape index (κ3) is 5.61. The average molecular weight is 461 g/mol. The van der Waals surface area contributed by atoms with Crippen LogP contribution in [-0.4, -0.2) is 42.9 Å². The number of hydrogen-bond donors (Lipinski definition) is 1. The number of hydrogen-bond acceptors (Lipinski definition) is 5. The van der Waals surface area contributed by atoms with Crippen LogP contribution in [0.2, 0.25) is 0 Å². The van der Waals surface area contributed by atoms with Crippen LogP contribution in [-0.2, 0) is 19.1 Å². The summed E-state index contributed by atoms with van der Waals surface area (Å²) in [5.41, 5.74) is 2.73. The van der Waals surface area contributed by atoms with Crippen molar-refractivity contribution >= 4 is 23.9 Å². The molecule has 0 saturated carbocycles. The second-order valence-corrected chi connectivity index (χ2v) is 7.77. The number of carbonyl (C=O) groups excluding carboxylic acids is 3. The van der Waals surface area contributed by atoms with E-state index in [2.05, 4.69) is 11.9 Å². The van der Waals surface area contributed by atoms with Gasteiger partial charge in [-0.1, -0.05) is 48.5 Å². The summed E-state index contributed by atoms with van der Waals surface area (Å²) in [5, 5.41) is 2.90. The lowest BCUT2D eigenvalue weighted by molar-refractivity contribution is -0.136. The van der Waals surface area contributed by atoms with E-state index in [0.717, 1.165) is 5.56 Å². The van der Waals surface area contributed by atoms with Crippen molar-refractivity contribution in [3.05, 3.63) is 95.2 Å². The molecule has 0 aromatic heterocycles. The molecule has 0 spiro atoms. The average Bonchev–Trinajstić information content (AvgIpc) is 3.08. The molecular weight excluding hydrogens is 432 g/mol. The van der Waals surface area contributed by atoms with Crippen LogP contribution in [0.3, 0.4) is 0 Å². The molecule has 0 radical (unpaired) electrons. The van der Waals surface area contributed by atoms with E-state index in [-0.39, 0.29) is 35.6 Å². The highest BCUT2D eigenvalue weighted by Gasteiger charge is 2.36. The zero-order valence-corrected chi connectivity index (χ0v) is 19.5. The Kier molecular flexibility index (Phi) is 8.03. The highest BCUT2D eigenvalue weighted by molar-refractivity contribution is 6.16. The molecule has 1 aliphatic heterocycles. The van der Waals surface area contributed by atoms with Gasteiger partial charge < -0.3 is 19.7 Å². The minimum absolute atomic E-state index is 0.124. The number of benzene rings is 2. The maximum absolute atomic E-state index is 12.9. The third-order valence-electron chi connectivity index (χ3n) is 5.45. The Hall–Kier alpha value is -4.13. The van der Waals surface area contributed by atoms with Crippen LogP contribution in [0.15, 0.2) is 84.1 Å². The van der Waals surface area contributed by atoms with Crippen molar-refractivity contribution in [2.75, 3.05) is 20.3 Å². The van der Waals surface area contributed by atoms with E-state index in [1.807, 2.05) is 37.3 Å². The van der Waals surface area contributed by atoms with E-state index in [9.17, 15) is 14.4 Å². The fraction of sp³-hybridized carbons (Fsp3) is 0.222. The number of allylic oxidation sites excluding steroid dienone is 1. The highest BCUT2D eigenvalue weighted by atomic mass is 16.5. The first-order valence-electron chi connectivity index (χ1n) is 10.9. The largest absolute Gasteiger partial charge is 0.484 e. The first kappa shape index (κ1) is 24.5. The van der Waals surface area contributed by atoms with Gasteiger partial charge in [-0.05, 0) is 43.2 Å². The van der Waals surface area contributed by atoms with E-state index in [1.54, 1.807) is 43.3 Å². The molecular formula is C27H28N2O5. The van der Waals surface area contributed by atoms with Gasteiger partial charge in [0.1, 0.15) is 5.75 Å². The number of rotatable bonds is 9. The lowest BCUT2D eigenvalue weighted by Gasteiger charge is -2.15. The van der Waals surface area contributed by atoms with Crippen molar-refractivity contribution in [3.63, 3.8) is 0 Å². The molecule has 2 aromatic carbocycles. The standard InChI is InChI=1S/C27H28N2O5/c1-5-15-29-19(3)25(27(32)33-4)23(26(29)31)16-20-11-13-22(14-12-20)34-17-24(30)28-18(2)21-9-7-6-8-10-21/h5-14,16,18H,1,15,17H2,2-4H3,(H,28,30)/b23-16-/t18-/m1/s1. The monoisotopic (exact) mass is 460 g/mol. The van der Waals surface area contributed by atoms with E-state index in [0.29, 0.717) is 23.6 Å². The summed E-state index contributed by atoms with van der Waals surface area (Å²) in [5.74, 6) is -0.581. The van der Waals surface area contributed by atoms with E-state index < -0.39 is 5.97 Å². The van der Waals surface area contributed by atoms with Gasteiger partial charge in [-0.15, -0.1) is 6.58 Å². The van der Waals surface area contributed by atoms with Gasteiger partial charge >= 0.3 is 5.97 Å². The summed E-state index contributed by atoms with van der Waals surface area (Å²) in [7, 11) is 1.28. The van der Waals surface area contributed by atoms with Gasteiger partial charge in [-0.25, -0.2) is 4.79 Å². The van der Waals surface area contributed by atoms with E-state index >= 15 is 0 Å². The Labute approximate surface area is 199 Å². The summed E-state index contributed by atoms with van der Waals surface area (Å²) in [4.78, 5) is 38.9. The molecule has 1 heterocycles. The minimum Gasteiger partial charge on any atom is -0.484 e. The molecule has 7 nitrogen and oxygen atoms in total. The number of amides is 2. The molecule has 176 valence electrons. The highest BCUT2D eigenvalue weighted by Crippen LogP contribution is 2.31. The molecule has 0 unspecified atom stereocenters. The maximum Gasteiger partial charge on any atom is 0.340 e. The molecule has 0 aliphatic carbocycles. The molecule has 7 heteroatoms. The quantitative estimate of drug-likeness (QED) is 0.350. The van der Waals surface area contributed by atoms with Crippen LogP contribution in [0.5, 0.6) is 5.75 Å². The predicted molar refractivity (Wildman–Crippen MR) is 130 cm³/mol. The van der Waals surface area contributed by atoms with E-state index in [4.69, 9.17) is 9.47 Å². The number of methoxy groups -OCH3 is 1. The van der Waals surface area contributed by atoms with Gasteiger partial charge in [0.15, 0.2) is 6.61 Å². The van der Waals surface area contributed by atoms with Crippen molar-refractivity contribution in [3.8, 4) is 5.75 Å². The smallest absolute Gasteiger partial charge is 0.340 e. The van der Waals surface area contributed by atoms with Gasteiger partial charge in [0.05, 0.1) is 24.3 Å². The van der Waals surface area contributed by atoms with E-state index in [1.165, 1.54) is 12.0 Å². The molecule has 2 aromatic rings. The molecule has 3 rings (SSSR count). The Bertz CT molecular complexity index is 1130. The molecule has 34 heavy (non-hydrogen) atoms. The van der Waals surface area contributed by atoms with Crippen LogP contribution >= 0.6 is 0 Å². The normalized spacial score (nSPS) is 15.3. The third-order valence-corrected chi connectivity index (χ3v) is 5.45. The number of ether oxygens (including phenoxy) is 2. The second-order valence-electron chi connectivity index (χ2n) is 7.77. The van der Waals surface area contributed by atoms with Gasteiger partial charge in [0, 0.05) is 12.2 Å². The Balaban J connectivity index is 1.66. The topological polar surface area (TPSA) is 84.9 Å². The molecule has 1 N–H and O–H groups in total. The number of nitrogens with one attached hydrogen (secondary N) is 1. The van der Waals surface area contributed by atoms with Crippen LogP contribution in [0.4, 0.5) is 0 Å². The van der Waals surface area contributed by atoms with Crippen LogP contribution in [0.1, 0.15) is 31.0 Å². The van der Waals surface area contributed by atoms with Crippen molar-refractivity contribution in [2.24, 2.45) is 0 Å². The number of esters is 1. The number of nitrogens with zero attached hydrogens (tertiary/aromatic N) is 1. The molecule has 0 fully saturated rings. The Morgan fingerprint density at radius 1 is 1.12 bits per heavy atom. The fourth-order valence-electron chi connectivity index (χ4n) is 3.66. The zero-order chi connectivity index (χ0) is 24.7. The van der Waals surface area contributed by atoms with Crippen molar-refractivity contribution in [2.45, 2.75) is 19.9 Å². The van der Waals surface area contributed by atoms with Crippen LogP contribution in [0, 0.1) is 0 Å².